The van der Waals surface area contributed by atoms with Crippen molar-refractivity contribution >= 4 is 0 Å². The van der Waals surface area contributed by atoms with E-state index >= 15 is 0 Å². The van der Waals surface area contributed by atoms with E-state index in [0.29, 0.717) is 6.04 Å². The average molecular weight is 291 g/mol. The van der Waals surface area contributed by atoms with Crippen molar-refractivity contribution in [3.63, 3.8) is 0 Å². The first-order valence-corrected chi connectivity index (χ1v) is 8.44. The maximum Gasteiger partial charge on any atom is 0.122 e. The number of nitrogens with one attached hydrogen (secondary N) is 1. The number of hydrogen-bond donors (Lipinski definition) is 1. The summed E-state index contributed by atoms with van der Waals surface area (Å²) in [6.07, 6.45) is 4.75. The topological polar surface area (TPSA) is 31.7 Å². The van der Waals surface area contributed by atoms with Gasteiger partial charge in [-0.3, -0.25) is 4.90 Å². The molecule has 1 saturated carbocycles. The highest BCUT2D eigenvalue weighted by molar-refractivity contribution is 5.17. The van der Waals surface area contributed by atoms with Gasteiger partial charge in [-0.1, -0.05) is 13.8 Å². The molecule has 0 bridgehead atoms. The van der Waals surface area contributed by atoms with Gasteiger partial charge in [0.25, 0.3) is 0 Å². The zero-order chi connectivity index (χ0) is 14.7. The third-order valence-corrected chi connectivity index (χ3v) is 4.58. The van der Waals surface area contributed by atoms with Crippen LogP contribution in [-0.2, 0) is 13.1 Å². The van der Waals surface area contributed by atoms with Gasteiger partial charge in [0.2, 0.25) is 0 Å². The van der Waals surface area contributed by atoms with Crippen molar-refractivity contribution in [2.45, 2.75) is 45.8 Å². The van der Waals surface area contributed by atoms with E-state index in [1.807, 2.05) is 6.26 Å². The Morgan fingerprint density at radius 2 is 1.90 bits per heavy atom. The molecule has 2 heterocycles. The van der Waals surface area contributed by atoms with Crippen LogP contribution >= 0.6 is 0 Å². The molecule has 1 aromatic heterocycles. The van der Waals surface area contributed by atoms with Crippen LogP contribution in [0.1, 0.15) is 38.0 Å². The SMILES string of the molecule is CC(C)NCc1occc1CN1CCN(CC2CC2)CC1. The van der Waals surface area contributed by atoms with E-state index in [0.717, 1.165) is 24.8 Å². The van der Waals surface area contributed by atoms with Gasteiger partial charge in [0.15, 0.2) is 0 Å². The predicted octanol–water partition coefficient (Wildman–Crippen LogP) is 2.31. The van der Waals surface area contributed by atoms with Crippen LogP contribution in [0.2, 0.25) is 0 Å². The Morgan fingerprint density at radius 3 is 2.57 bits per heavy atom. The molecule has 21 heavy (non-hydrogen) atoms. The summed E-state index contributed by atoms with van der Waals surface area (Å²) in [5.74, 6) is 2.11. The highest BCUT2D eigenvalue weighted by Crippen LogP contribution is 2.30. The first-order valence-electron chi connectivity index (χ1n) is 8.44. The molecule has 0 atom stereocenters. The van der Waals surface area contributed by atoms with Crippen molar-refractivity contribution in [3.05, 3.63) is 23.7 Å². The molecule has 0 radical (unpaired) electrons. The molecule has 3 rings (SSSR count). The third kappa shape index (κ3) is 4.56. The Bertz CT molecular complexity index is 431. The molecule has 1 aliphatic heterocycles. The summed E-state index contributed by atoms with van der Waals surface area (Å²) >= 11 is 0. The first kappa shape index (κ1) is 15.1. The van der Waals surface area contributed by atoms with E-state index in [9.17, 15) is 0 Å². The van der Waals surface area contributed by atoms with Gasteiger partial charge in [-0.05, 0) is 24.8 Å². The second-order valence-corrected chi connectivity index (χ2v) is 6.92. The molecule has 4 heteroatoms. The lowest BCUT2D eigenvalue weighted by Crippen LogP contribution is -2.46. The molecule has 0 aromatic carbocycles. The molecule has 0 spiro atoms. The van der Waals surface area contributed by atoms with Gasteiger partial charge in [0.1, 0.15) is 5.76 Å². The van der Waals surface area contributed by atoms with E-state index in [1.165, 1.54) is 51.1 Å². The highest BCUT2D eigenvalue weighted by Gasteiger charge is 2.26. The average Bonchev–Trinajstić information content (AvgIpc) is 3.17. The predicted molar refractivity (Wildman–Crippen MR) is 85.1 cm³/mol. The number of rotatable bonds is 7. The molecule has 4 nitrogen and oxygen atoms in total. The molecular weight excluding hydrogens is 262 g/mol. The van der Waals surface area contributed by atoms with Crippen LogP contribution in [0, 0.1) is 5.92 Å². The van der Waals surface area contributed by atoms with Gasteiger partial charge in [-0.25, -0.2) is 0 Å². The minimum atomic E-state index is 0.494. The van der Waals surface area contributed by atoms with Crippen molar-refractivity contribution in [2.75, 3.05) is 32.7 Å². The zero-order valence-electron chi connectivity index (χ0n) is 13.5. The monoisotopic (exact) mass is 291 g/mol. The first-order chi connectivity index (χ1) is 10.2. The summed E-state index contributed by atoms with van der Waals surface area (Å²) < 4.78 is 5.64. The number of piperazine rings is 1. The number of nitrogens with zero attached hydrogens (tertiary/aromatic N) is 2. The Labute approximate surface area is 128 Å². The maximum absolute atomic E-state index is 5.64. The summed E-state index contributed by atoms with van der Waals surface area (Å²) in [6, 6.07) is 2.63. The summed E-state index contributed by atoms with van der Waals surface area (Å²) in [6.45, 7) is 12.4. The standard InChI is InChI=1S/C17H29N3O/c1-14(2)18-11-17-16(5-10-21-17)13-20-8-6-19(7-9-20)12-15-3-4-15/h5,10,14-15,18H,3-4,6-9,11-13H2,1-2H3. The minimum Gasteiger partial charge on any atom is -0.468 e. The van der Waals surface area contributed by atoms with Crippen molar-refractivity contribution in [3.8, 4) is 0 Å². The fraction of sp³-hybridized carbons (Fsp3) is 0.765. The molecule has 2 aliphatic rings. The van der Waals surface area contributed by atoms with Gasteiger partial charge < -0.3 is 14.6 Å². The third-order valence-electron chi connectivity index (χ3n) is 4.58. The lowest BCUT2D eigenvalue weighted by atomic mass is 10.2. The summed E-state index contributed by atoms with van der Waals surface area (Å²) in [5, 5.41) is 3.44. The van der Waals surface area contributed by atoms with Crippen LogP contribution in [-0.4, -0.2) is 48.6 Å². The molecule has 1 saturated heterocycles. The largest absolute Gasteiger partial charge is 0.468 e. The lowest BCUT2D eigenvalue weighted by molar-refractivity contribution is 0.123. The van der Waals surface area contributed by atoms with Gasteiger partial charge >= 0.3 is 0 Å². The number of hydrogen-bond acceptors (Lipinski definition) is 4. The molecule has 1 aliphatic carbocycles. The zero-order valence-corrected chi connectivity index (χ0v) is 13.5. The summed E-state index contributed by atoms with van der Waals surface area (Å²) in [4.78, 5) is 5.21. The van der Waals surface area contributed by atoms with Crippen LogP contribution in [0.4, 0.5) is 0 Å². The fourth-order valence-electron chi connectivity index (χ4n) is 3.00. The highest BCUT2D eigenvalue weighted by atomic mass is 16.3. The molecule has 1 N–H and O–H groups in total. The number of furan rings is 1. The molecule has 118 valence electrons. The van der Waals surface area contributed by atoms with Gasteiger partial charge in [-0.15, -0.1) is 0 Å². The van der Waals surface area contributed by atoms with Crippen LogP contribution in [0.25, 0.3) is 0 Å². The molecule has 0 amide bonds. The lowest BCUT2D eigenvalue weighted by Gasteiger charge is -2.34. The van der Waals surface area contributed by atoms with E-state index in [-0.39, 0.29) is 0 Å². The quantitative estimate of drug-likeness (QED) is 0.835. The van der Waals surface area contributed by atoms with Crippen molar-refractivity contribution in [1.82, 2.24) is 15.1 Å². The van der Waals surface area contributed by atoms with Crippen molar-refractivity contribution in [1.29, 1.82) is 0 Å². The minimum absolute atomic E-state index is 0.494. The van der Waals surface area contributed by atoms with Crippen LogP contribution in [0.5, 0.6) is 0 Å². The van der Waals surface area contributed by atoms with E-state index in [2.05, 4.69) is 35.0 Å². The summed E-state index contributed by atoms with van der Waals surface area (Å²) in [7, 11) is 0. The van der Waals surface area contributed by atoms with Crippen LogP contribution in [0.15, 0.2) is 16.7 Å². The van der Waals surface area contributed by atoms with Gasteiger partial charge in [-0.2, -0.15) is 0 Å². The molecular formula is C17H29N3O. The summed E-state index contributed by atoms with van der Waals surface area (Å²) in [5.41, 5.74) is 1.35. The smallest absolute Gasteiger partial charge is 0.122 e. The van der Waals surface area contributed by atoms with E-state index < -0.39 is 0 Å². The second-order valence-electron chi connectivity index (χ2n) is 6.92. The molecule has 2 fully saturated rings. The fourth-order valence-corrected chi connectivity index (χ4v) is 3.00. The Morgan fingerprint density at radius 1 is 1.19 bits per heavy atom. The second kappa shape index (κ2) is 6.95. The van der Waals surface area contributed by atoms with Crippen LogP contribution in [0.3, 0.4) is 0 Å². The Hall–Kier alpha value is -0.840. The maximum atomic E-state index is 5.64. The Kier molecular flexibility index (Phi) is 4.99. The van der Waals surface area contributed by atoms with E-state index in [1.54, 1.807) is 0 Å². The van der Waals surface area contributed by atoms with Gasteiger partial charge in [0, 0.05) is 50.9 Å². The normalized spacial score (nSPS) is 21.3. The van der Waals surface area contributed by atoms with Crippen LogP contribution < -0.4 is 5.32 Å². The van der Waals surface area contributed by atoms with E-state index in [4.69, 9.17) is 4.42 Å². The van der Waals surface area contributed by atoms with Gasteiger partial charge in [0.05, 0.1) is 12.8 Å². The Balaban J connectivity index is 1.45. The molecule has 0 unspecified atom stereocenters. The molecule has 1 aromatic rings. The van der Waals surface area contributed by atoms with Crippen molar-refractivity contribution in [2.24, 2.45) is 5.92 Å². The van der Waals surface area contributed by atoms with Crippen molar-refractivity contribution < 1.29 is 4.42 Å².